The fourth-order valence-corrected chi connectivity index (χ4v) is 4.53. The van der Waals surface area contributed by atoms with E-state index >= 15 is 0 Å². The van der Waals surface area contributed by atoms with Gasteiger partial charge in [0, 0.05) is 28.7 Å². The van der Waals surface area contributed by atoms with Crippen molar-refractivity contribution in [3.63, 3.8) is 0 Å². The second-order valence-electron chi connectivity index (χ2n) is 8.90. The van der Waals surface area contributed by atoms with E-state index in [9.17, 15) is 19.7 Å². The molecule has 0 saturated heterocycles. The molecule has 37 heavy (non-hydrogen) atoms. The predicted molar refractivity (Wildman–Crippen MR) is 142 cm³/mol. The Balaban J connectivity index is 2.29. The quantitative estimate of drug-likeness (QED) is 0.150. The number of nitrogens with zero attached hydrogens (tertiary/aromatic N) is 2. The summed E-state index contributed by atoms with van der Waals surface area (Å²) in [6, 6.07) is 15.5. The molecular formula is C29H34N2O6. The Bertz CT molecular complexity index is 1160. The molecule has 196 valence electrons. The highest BCUT2D eigenvalue weighted by Crippen LogP contribution is 2.46. The number of hydrogen-bond donors (Lipinski definition) is 0. The average molecular weight is 507 g/mol. The van der Waals surface area contributed by atoms with E-state index in [0.717, 1.165) is 18.5 Å². The monoisotopic (exact) mass is 506 g/mol. The maximum atomic E-state index is 13.6. The topological polar surface area (TPSA) is 99.0 Å². The number of hydrogen-bond acceptors (Lipinski definition) is 7. The van der Waals surface area contributed by atoms with Crippen LogP contribution in [0.2, 0.25) is 0 Å². The van der Waals surface area contributed by atoms with Crippen molar-refractivity contribution < 1.29 is 24.0 Å². The number of nitro benzene ring substituents is 1. The molecular weight excluding hydrogens is 472 g/mol. The Morgan fingerprint density at radius 2 is 1.32 bits per heavy atom. The molecule has 0 aliphatic carbocycles. The van der Waals surface area contributed by atoms with E-state index in [0.29, 0.717) is 24.2 Å². The van der Waals surface area contributed by atoms with Gasteiger partial charge in [0.25, 0.3) is 5.69 Å². The molecule has 0 bridgehead atoms. The molecule has 3 rings (SSSR count). The summed E-state index contributed by atoms with van der Waals surface area (Å²) in [5, 5.41) is 12.0. The maximum Gasteiger partial charge on any atom is 0.336 e. The van der Waals surface area contributed by atoms with Crippen LogP contribution in [0, 0.1) is 10.1 Å². The lowest BCUT2D eigenvalue weighted by Gasteiger charge is -2.37. The average Bonchev–Trinajstić information content (AvgIpc) is 2.89. The molecule has 0 unspecified atom stereocenters. The summed E-state index contributed by atoms with van der Waals surface area (Å²) in [4.78, 5) is 40.6. The molecule has 0 aromatic heterocycles. The van der Waals surface area contributed by atoms with Crippen LogP contribution in [0.5, 0.6) is 0 Å². The Kier molecular flexibility index (Phi) is 9.60. The first-order valence-electron chi connectivity index (χ1n) is 12.7. The predicted octanol–water partition coefficient (Wildman–Crippen LogP) is 6.43. The maximum absolute atomic E-state index is 13.6. The van der Waals surface area contributed by atoms with Gasteiger partial charge in [-0.3, -0.25) is 10.1 Å². The number of ether oxygens (including phenoxy) is 2. The van der Waals surface area contributed by atoms with E-state index in [-0.39, 0.29) is 35.6 Å². The standard InChI is InChI=1S/C29H34N2O6/c1-5-7-18-36-28(32)25-20(3)30(22-14-10-9-11-15-22)21(4)26(29(33)37-19-8-6-2)27(25)23-16-12-13-17-24(23)31(34)35/h9-17,27H,5-8,18-19H2,1-4H3. The summed E-state index contributed by atoms with van der Waals surface area (Å²) in [5.74, 6) is -2.24. The molecule has 2 aromatic rings. The van der Waals surface area contributed by atoms with E-state index in [1.165, 1.54) is 6.07 Å². The van der Waals surface area contributed by atoms with Gasteiger partial charge in [0.2, 0.25) is 0 Å². The fourth-order valence-electron chi connectivity index (χ4n) is 4.53. The summed E-state index contributed by atoms with van der Waals surface area (Å²) in [7, 11) is 0. The minimum atomic E-state index is -1.02. The van der Waals surface area contributed by atoms with Crippen molar-refractivity contribution in [2.75, 3.05) is 18.1 Å². The van der Waals surface area contributed by atoms with Gasteiger partial charge in [0.05, 0.1) is 35.2 Å². The lowest BCUT2D eigenvalue weighted by Crippen LogP contribution is -2.35. The first-order valence-corrected chi connectivity index (χ1v) is 12.7. The van der Waals surface area contributed by atoms with Gasteiger partial charge < -0.3 is 14.4 Å². The van der Waals surface area contributed by atoms with E-state index in [1.54, 1.807) is 32.0 Å². The molecule has 0 amide bonds. The van der Waals surface area contributed by atoms with Crippen LogP contribution in [0.15, 0.2) is 77.1 Å². The van der Waals surface area contributed by atoms with Crippen LogP contribution in [-0.4, -0.2) is 30.1 Å². The van der Waals surface area contributed by atoms with Crippen molar-refractivity contribution in [2.24, 2.45) is 0 Å². The number of allylic oxidation sites excluding steroid dienone is 2. The normalized spacial score (nSPS) is 14.1. The van der Waals surface area contributed by atoms with Crippen LogP contribution in [-0.2, 0) is 19.1 Å². The second kappa shape index (κ2) is 12.9. The summed E-state index contributed by atoms with van der Waals surface area (Å²) in [6.45, 7) is 7.94. The van der Waals surface area contributed by atoms with Gasteiger partial charge in [-0.15, -0.1) is 0 Å². The molecule has 8 nitrogen and oxygen atoms in total. The van der Waals surface area contributed by atoms with Crippen molar-refractivity contribution in [1.29, 1.82) is 0 Å². The number of benzene rings is 2. The van der Waals surface area contributed by atoms with Gasteiger partial charge in [0.1, 0.15) is 0 Å². The smallest absolute Gasteiger partial charge is 0.336 e. The Labute approximate surface area is 217 Å². The Hall–Kier alpha value is -3.94. The molecule has 0 spiro atoms. The van der Waals surface area contributed by atoms with E-state index in [2.05, 4.69) is 0 Å². The van der Waals surface area contributed by atoms with E-state index < -0.39 is 22.8 Å². The third-order valence-electron chi connectivity index (χ3n) is 6.39. The molecule has 0 N–H and O–H groups in total. The van der Waals surface area contributed by atoms with Gasteiger partial charge in [-0.25, -0.2) is 9.59 Å². The zero-order valence-corrected chi connectivity index (χ0v) is 21.9. The van der Waals surface area contributed by atoms with Crippen molar-refractivity contribution in [2.45, 2.75) is 59.3 Å². The molecule has 8 heteroatoms. The van der Waals surface area contributed by atoms with Gasteiger partial charge >= 0.3 is 11.9 Å². The number of esters is 2. The number of unbranched alkanes of at least 4 members (excludes halogenated alkanes) is 2. The Morgan fingerprint density at radius 3 is 1.81 bits per heavy atom. The van der Waals surface area contributed by atoms with Crippen LogP contribution >= 0.6 is 0 Å². The molecule has 1 heterocycles. The van der Waals surface area contributed by atoms with E-state index in [1.807, 2.05) is 49.1 Å². The summed E-state index contributed by atoms with van der Waals surface area (Å²) in [5.41, 5.74) is 2.25. The third-order valence-corrected chi connectivity index (χ3v) is 6.39. The number of anilines is 1. The molecule has 0 fully saturated rings. The minimum absolute atomic E-state index is 0.182. The third kappa shape index (κ3) is 6.07. The molecule has 1 aliphatic rings. The fraction of sp³-hybridized carbons (Fsp3) is 0.379. The molecule has 0 atom stereocenters. The summed E-state index contributed by atoms with van der Waals surface area (Å²) >= 11 is 0. The number of para-hydroxylation sites is 2. The Morgan fingerprint density at radius 1 is 0.838 bits per heavy atom. The summed E-state index contributed by atoms with van der Waals surface area (Å²) in [6.07, 6.45) is 3.03. The molecule has 1 aliphatic heterocycles. The summed E-state index contributed by atoms with van der Waals surface area (Å²) < 4.78 is 11.2. The van der Waals surface area contributed by atoms with Gasteiger partial charge in [0.15, 0.2) is 0 Å². The lowest BCUT2D eigenvalue weighted by molar-refractivity contribution is -0.385. The number of carbonyl (C=O) groups excluding carboxylic acids is 2. The second-order valence-corrected chi connectivity index (χ2v) is 8.90. The van der Waals surface area contributed by atoms with Gasteiger partial charge in [-0.05, 0) is 38.8 Å². The zero-order valence-electron chi connectivity index (χ0n) is 21.9. The minimum Gasteiger partial charge on any atom is -0.462 e. The van der Waals surface area contributed by atoms with Gasteiger partial charge in [-0.1, -0.05) is 63.1 Å². The van der Waals surface area contributed by atoms with Crippen LogP contribution in [0.4, 0.5) is 11.4 Å². The highest BCUT2D eigenvalue weighted by Gasteiger charge is 2.43. The molecule has 2 aromatic carbocycles. The zero-order chi connectivity index (χ0) is 26.9. The highest BCUT2D eigenvalue weighted by atomic mass is 16.6. The molecule has 0 radical (unpaired) electrons. The van der Waals surface area contributed by atoms with Gasteiger partial charge in [-0.2, -0.15) is 0 Å². The first kappa shape index (κ1) is 27.6. The van der Waals surface area contributed by atoms with Crippen molar-refractivity contribution >= 4 is 23.3 Å². The largest absolute Gasteiger partial charge is 0.462 e. The molecule has 0 saturated carbocycles. The number of nitro groups is 1. The number of carbonyl (C=O) groups is 2. The van der Waals surface area contributed by atoms with Crippen molar-refractivity contribution in [1.82, 2.24) is 0 Å². The van der Waals surface area contributed by atoms with Crippen LogP contribution in [0.3, 0.4) is 0 Å². The van der Waals surface area contributed by atoms with Crippen molar-refractivity contribution in [3.8, 4) is 0 Å². The van der Waals surface area contributed by atoms with Crippen LogP contribution in [0.25, 0.3) is 0 Å². The van der Waals surface area contributed by atoms with E-state index in [4.69, 9.17) is 9.47 Å². The van der Waals surface area contributed by atoms with Crippen LogP contribution in [0.1, 0.15) is 64.9 Å². The van der Waals surface area contributed by atoms with Crippen molar-refractivity contribution in [3.05, 3.63) is 92.8 Å². The highest BCUT2D eigenvalue weighted by molar-refractivity contribution is 6.02. The lowest BCUT2D eigenvalue weighted by atomic mass is 9.79. The van der Waals surface area contributed by atoms with Crippen LogP contribution < -0.4 is 4.90 Å². The number of rotatable bonds is 11. The SMILES string of the molecule is CCCCOC(=O)C1=C(C)N(c2ccccc2)C(C)=C(C(=O)OCCCC)C1c1ccccc1[N+](=O)[O-]. The first-order chi connectivity index (χ1) is 17.8.